The van der Waals surface area contributed by atoms with E-state index in [0.717, 1.165) is 31.2 Å². The standard InChI is InChI=1S/C19H32N4O2/c1-16-8-11-23(12-9-16)15-18(24)14-21-19(25)20-10-13-22(2)17-6-4-3-5-7-17/h3-7,16,18,24H,8-15H2,1-2H3,(H2,20,21,25). The lowest BCUT2D eigenvalue weighted by atomic mass is 9.99. The third-order valence-electron chi connectivity index (χ3n) is 4.77. The fraction of sp³-hybridized carbons (Fsp3) is 0.632. The third-order valence-corrected chi connectivity index (χ3v) is 4.77. The van der Waals surface area contributed by atoms with Crippen LogP contribution in [-0.2, 0) is 0 Å². The van der Waals surface area contributed by atoms with Crippen molar-refractivity contribution in [3.63, 3.8) is 0 Å². The second kappa shape index (κ2) is 10.3. The molecular formula is C19H32N4O2. The van der Waals surface area contributed by atoms with E-state index in [9.17, 15) is 9.90 Å². The summed E-state index contributed by atoms with van der Waals surface area (Å²) in [6.45, 7) is 6.54. The first-order chi connectivity index (χ1) is 12.0. The molecule has 1 aliphatic rings. The van der Waals surface area contributed by atoms with Crippen LogP contribution in [0, 0.1) is 5.92 Å². The van der Waals surface area contributed by atoms with Gasteiger partial charge in [0.15, 0.2) is 0 Å². The van der Waals surface area contributed by atoms with Crippen molar-refractivity contribution in [3.05, 3.63) is 30.3 Å². The van der Waals surface area contributed by atoms with Gasteiger partial charge in [-0.1, -0.05) is 25.1 Å². The Labute approximate surface area is 151 Å². The number of aliphatic hydroxyl groups excluding tert-OH is 1. The smallest absolute Gasteiger partial charge is 0.314 e. The highest BCUT2D eigenvalue weighted by atomic mass is 16.3. The number of hydrogen-bond donors (Lipinski definition) is 3. The summed E-state index contributed by atoms with van der Waals surface area (Å²) in [5.74, 6) is 0.784. The van der Waals surface area contributed by atoms with Crippen LogP contribution in [0.5, 0.6) is 0 Å². The predicted octanol–water partition coefficient (Wildman–Crippen LogP) is 1.51. The number of likely N-dealkylation sites (N-methyl/N-ethyl adjacent to an activating group) is 1. The van der Waals surface area contributed by atoms with E-state index in [4.69, 9.17) is 0 Å². The van der Waals surface area contributed by atoms with E-state index in [0.29, 0.717) is 13.1 Å². The number of rotatable bonds is 8. The second-order valence-corrected chi connectivity index (χ2v) is 7.03. The summed E-state index contributed by atoms with van der Waals surface area (Å²) < 4.78 is 0. The quantitative estimate of drug-likeness (QED) is 0.666. The number of piperidine rings is 1. The zero-order valence-electron chi connectivity index (χ0n) is 15.4. The number of benzene rings is 1. The second-order valence-electron chi connectivity index (χ2n) is 7.03. The van der Waals surface area contributed by atoms with Crippen LogP contribution in [0.3, 0.4) is 0 Å². The predicted molar refractivity (Wildman–Crippen MR) is 102 cm³/mol. The minimum absolute atomic E-state index is 0.229. The molecule has 1 aromatic carbocycles. The van der Waals surface area contributed by atoms with Gasteiger partial charge >= 0.3 is 6.03 Å². The minimum atomic E-state index is -0.522. The molecule has 0 bridgehead atoms. The highest BCUT2D eigenvalue weighted by molar-refractivity contribution is 5.73. The van der Waals surface area contributed by atoms with Gasteiger partial charge in [0.1, 0.15) is 0 Å². The first-order valence-corrected chi connectivity index (χ1v) is 9.23. The molecule has 0 aromatic heterocycles. The maximum atomic E-state index is 11.8. The van der Waals surface area contributed by atoms with E-state index < -0.39 is 6.10 Å². The largest absolute Gasteiger partial charge is 0.390 e. The number of aliphatic hydroxyl groups is 1. The Kier molecular flexibility index (Phi) is 8.01. The Bertz CT molecular complexity index is 503. The first-order valence-electron chi connectivity index (χ1n) is 9.23. The van der Waals surface area contributed by atoms with Gasteiger partial charge in [0.05, 0.1) is 6.10 Å². The topological polar surface area (TPSA) is 67.8 Å². The Morgan fingerprint density at radius 3 is 2.64 bits per heavy atom. The number of β-amino-alcohol motifs (C(OH)–C–C–N with tert-alkyl or cyclic N) is 1. The van der Waals surface area contributed by atoms with Crippen LogP contribution in [0.15, 0.2) is 30.3 Å². The normalized spacial score (nSPS) is 17.1. The fourth-order valence-corrected chi connectivity index (χ4v) is 3.03. The van der Waals surface area contributed by atoms with E-state index in [1.165, 1.54) is 12.8 Å². The maximum Gasteiger partial charge on any atom is 0.314 e. The Balaban J connectivity index is 1.56. The van der Waals surface area contributed by atoms with Gasteiger partial charge in [0.2, 0.25) is 0 Å². The van der Waals surface area contributed by atoms with Crippen molar-refractivity contribution in [1.29, 1.82) is 0 Å². The molecule has 25 heavy (non-hydrogen) atoms. The summed E-state index contributed by atoms with van der Waals surface area (Å²) in [5, 5.41) is 15.7. The molecule has 1 saturated heterocycles. The van der Waals surface area contributed by atoms with Gasteiger partial charge in [0.25, 0.3) is 0 Å². The van der Waals surface area contributed by atoms with Crippen LogP contribution in [0.4, 0.5) is 10.5 Å². The van der Waals surface area contributed by atoms with E-state index in [-0.39, 0.29) is 12.6 Å². The minimum Gasteiger partial charge on any atom is -0.390 e. The lowest BCUT2D eigenvalue weighted by Gasteiger charge is -2.31. The van der Waals surface area contributed by atoms with E-state index in [1.807, 2.05) is 37.4 Å². The van der Waals surface area contributed by atoms with E-state index in [1.54, 1.807) is 0 Å². The van der Waals surface area contributed by atoms with Gasteiger partial charge in [-0.25, -0.2) is 4.79 Å². The van der Waals surface area contributed by atoms with Crippen molar-refractivity contribution < 1.29 is 9.90 Å². The molecular weight excluding hydrogens is 316 g/mol. The molecule has 1 atom stereocenters. The number of urea groups is 1. The van der Waals surface area contributed by atoms with E-state index in [2.05, 4.69) is 27.4 Å². The van der Waals surface area contributed by atoms with Crippen molar-refractivity contribution in [2.45, 2.75) is 25.9 Å². The van der Waals surface area contributed by atoms with Gasteiger partial charge in [-0.3, -0.25) is 0 Å². The molecule has 0 spiro atoms. The number of nitrogens with zero attached hydrogens (tertiary/aromatic N) is 2. The summed E-state index contributed by atoms with van der Waals surface area (Å²) in [6, 6.07) is 9.83. The van der Waals surface area contributed by atoms with Gasteiger partial charge in [-0.05, 0) is 44.0 Å². The highest BCUT2D eigenvalue weighted by Crippen LogP contribution is 2.15. The Hall–Kier alpha value is -1.79. The molecule has 1 aliphatic heterocycles. The summed E-state index contributed by atoms with van der Waals surface area (Å²) in [6.07, 6.45) is 1.86. The third kappa shape index (κ3) is 7.32. The maximum absolute atomic E-state index is 11.8. The number of nitrogens with one attached hydrogen (secondary N) is 2. The molecule has 6 heteroatoms. The van der Waals surface area contributed by atoms with Gasteiger partial charge in [0, 0.05) is 38.9 Å². The Morgan fingerprint density at radius 2 is 1.96 bits per heavy atom. The van der Waals surface area contributed by atoms with Crippen LogP contribution in [0.25, 0.3) is 0 Å². The SMILES string of the molecule is CC1CCN(CC(O)CNC(=O)NCCN(C)c2ccccc2)CC1. The molecule has 6 nitrogen and oxygen atoms in total. The zero-order valence-corrected chi connectivity index (χ0v) is 15.4. The van der Waals surface area contributed by atoms with Gasteiger partial charge < -0.3 is 25.5 Å². The molecule has 1 aromatic rings. The van der Waals surface area contributed by atoms with Crippen molar-refractivity contribution in [3.8, 4) is 0 Å². The van der Waals surface area contributed by atoms with Gasteiger partial charge in [-0.2, -0.15) is 0 Å². The summed E-state index contributed by atoms with van der Waals surface area (Å²) in [4.78, 5) is 16.2. The zero-order chi connectivity index (χ0) is 18.1. The lowest BCUT2D eigenvalue weighted by Crippen LogP contribution is -2.46. The summed E-state index contributed by atoms with van der Waals surface area (Å²) in [5.41, 5.74) is 1.12. The van der Waals surface area contributed by atoms with Gasteiger partial charge in [-0.15, -0.1) is 0 Å². The molecule has 2 amide bonds. The van der Waals surface area contributed by atoms with E-state index >= 15 is 0 Å². The van der Waals surface area contributed by atoms with Crippen LogP contribution in [0.2, 0.25) is 0 Å². The molecule has 1 heterocycles. The molecule has 2 rings (SSSR count). The molecule has 0 aliphatic carbocycles. The van der Waals surface area contributed by atoms with Crippen LogP contribution < -0.4 is 15.5 Å². The summed E-state index contributed by atoms with van der Waals surface area (Å²) >= 11 is 0. The van der Waals surface area contributed by atoms with Crippen molar-refractivity contribution in [1.82, 2.24) is 15.5 Å². The number of anilines is 1. The highest BCUT2D eigenvalue weighted by Gasteiger charge is 2.18. The van der Waals surface area contributed by atoms with Crippen molar-refractivity contribution >= 4 is 11.7 Å². The fourth-order valence-electron chi connectivity index (χ4n) is 3.03. The molecule has 3 N–H and O–H groups in total. The molecule has 140 valence electrons. The summed E-state index contributed by atoms with van der Waals surface area (Å²) in [7, 11) is 2.00. The lowest BCUT2D eigenvalue weighted by molar-refractivity contribution is 0.0920. The first kappa shape index (κ1) is 19.5. The molecule has 0 saturated carbocycles. The number of hydrogen-bond acceptors (Lipinski definition) is 4. The number of carbonyl (C=O) groups excluding carboxylic acids is 1. The molecule has 1 unspecified atom stereocenters. The number of carbonyl (C=O) groups is 1. The molecule has 0 radical (unpaired) electrons. The Morgan fingerprint density at radius 1 is 1.28 bits per heavy atom. The average molecular weight is 348 g/mol. The number of amides is 2. The molecule has 1 fully saturated rings. The number of para-hydroxylation sites is 1. The van der Waals surface area contributed by atoms with Crippen molar-refractivity contribution in [2.75, 3.05) is 51.2 Å². The number of likely N-dealkylation sites (tertiary alicyclic amines) is 1. The average Bonchev–Trinajstić information content (AvgIpc) is 2.62. The van der Waals surface area contributed by atoms with Crippen LogP contribution in [0.1, 0.15) is 19.8 Å². The monoisotopic (exact) mass is 348 g/mol. The van der Waals surface area contributed by atoms with Crippen LogP contribution >= 0.6 is 0 Å². The van der Waals surface area contributed by atoms with Crippen LogP contribution in [-0.4, -0.2) is 68.5 Å². The van der Waals surface area contributed by atoms with Crippen molar-refractivity contribution in [2.24, 2.45) is 5.92 Å².